The molecule has 0 saturated carbocycles. The van der Waals surface area contributed by atoms with Gasteiger partial charge < -0.3 is 10.1 Å². The maximum Gasteiger partial charge on any atom is 0.357 e. The number of rotatable bonds is 3. The number of carbonyl (C=O) groups is 1. The quantitative estimate of drug-likeness (QED) is 0.839. The van der Waals surface area contributed by atoms with Crippen LogP contribution in [0.3, 0.4) is 0 Å². The molecule has 1 aromatic rings. The number of esters is 1. The lowest BCUT2D eigenvalue weighted by atomic mass is 9.88. The van der Waals surface area contributed by atoms with Crippen LogP contribution < -0.4 is 5.32 Å². The van der Waals surface area contributed by atoms with Crippen molar-refractivity contribution in [1.29, 1.82) is 0 Å². The zero-order chi connectivity index (χ0) is 12.3. The largest absolute Gasteiger partial charge is 0.461 e. The Bertz CT molecular complexity index is 392. The normalized spacial score (nSPS) is 24.6. The molecular weight excluding hydrogens is 236 g/mol. The number of nitrogens with one attached hydrogen (secondary N) is 1. The number of hydrogen-bond donors (Lipinski definition) is 1. The highest BCUT2D eigenvalue weighted by atomic mass is 32.1. The molecule has 17 heavy (non-hydrogen) atoms. The Morgan fingerprint density at radius 3 is 3.24 bits per heavy atom. The minimum Gasteiger partial charge on any atom is -0.461 e. The number of ether oxygens (including phenoxy) is 1. The van der Waals surface area contributed by atoms with E-state index in [1.54, 1.807) is 18.3 Å². The minimum absolute atomic E-state index is 0.309. The fraction of sp³-hybridized carbons (Fsp3) is 0.667. The molecule has 1 N–H and O–H groups in total. The fourth-order valence-corrected chi connectivity index (χ4v) is 3.19. The topological polar surface area (TPSA) is 51.2 Å². The second-order valence-corrected chi connectivity index (χ2v) is 5.26. The maximum absolute atomic E-state index is 11.5. The van der Waals surface area contributed by atoms with Gasteiger partial charge >= 0.3 is 5.97 Å². The summed E-state index contributed by atoms with van der Waals surface area (Å²) >= 11 is 1.57. The van der Waals surface area contributed by atoms with Crippen molar-refractivity contribution in [2.24, 2.45) is 5.92 Å². The minimum atomic E-state index is -0.309. The van der Waals surface area contributed by atoms with Crippen molar-refractivity contribution in [3.63, 3.8) is 0 Å². The van der Waals surface area contributed by atoms with Crippen molar-refractivity contribution in [3.8, 4) is 0 Å². The summed E-state index contributed by atoms with van der Waals surface area (Å²) in [7, 11) is 0. The van der Waals surface area contributed by atoms with E-state index in [0.29, 0.717) is 24.1 Å². The molecule has 94 valence electrons. The molecule has 1 aromatic heterocycles. The van der Waals surface area contributed by atoms with Crippen LogP contribution in [0.4, 0.5) is 0 Å². The van der Waals surface area contributed by atoms with E-state index in [1.807, 2.05) is 5.38 Å². The lowest BCUT2D eigenvalue weighted by Crippen LogP contribution is -2.33. The van der Waals surface area contributed by atoms with Gasteiger partial charge in [0.15, 0.2) is 5.69 Å². The van der Waals surface area contributed by atoms with Crippen LogP contribution in [0, 0.1) is 5.92 Å². The van der Waals surface area contributed by atoms with Gasteiger partial charge in [0.05, 0.1) is 11.6 Å². The molecule has 1 fully saturated rings. The summed E-state index contributed by atoms with van der Waals surface area (Å²) in [5, 5.41) is 6.25. The van der Waals surface area contributed by atoms with Gasteiger partial charge in [0.1, 0.15) is 0 Å². The maximum atomic E-state index is 11.5. The summed E-state index contributed by atoms with van der Waals surface area (Å²) in [5.41, 5.74) is 0.456. The molecule has 2 unspecified atom stereocenters. The van der Waals surface area contributed by atoms with E-state index in [0.717, 1.165) is 24.5 Å². The zero-order valence-electron chi connectivity index (χ0n) is 10.2. The van der Waals surface area contributed by atoms with E-state index in [2.05, 4.69) is 17.2 Å². The molecule has 0 aromatic carbocycles. The van der Waals surface area contributed by atoms with Crippen molar-refractivity contribution in [2.45, 2.75) is 26.2 Å². The predicted molar refractivity (Wildman–Crippen MR) is 67.5 cm³/mol. The Morgan fingerprint density at radius 2 is 2.53 bits per heavy atom. The Balaban J connectivity index is 2.09. The van der Waals surface area contributed by atoms with E-state index >= 15 is 0 Å². The monoisotopic (exact) mass is 254 g/mol. The van der Waals surface area contributed by atoms with Gasteiger partial charge in [-0.05, 0) is 32.4 Å². The highest BCUT2D eigenvalue weighted by Crippen LogP contribution is 2.32. The first kappa shape index (κ1) is 12.5. The molecule has 2 rings (SSSR count). The molecule has 0 aliphatic carbocycles. The SMILES string of the molecule is CCOC(=O)c1csc(C2CCNCC2C)n1. The van der Waals surface area contributed by atoms with Crippen molar-refractivity contribution < 1.29 is 9.53 Å². The smallest absolute Gasteiger partial charge is 0.357 e. The van der Waals surface area contributed by atoms with Crippen LogP contribution in [0.25, 0.3) is 0 Å². The molecule has 4 nitrogen and oxygen atoms in total. The third-order valence-electron chi connectivity index (χ3n) is 3.11. The van der Waals surface area contributed by atoms with Gasteiger partial charge in [0.25, 0.3) is 0 Å². The first-order chi connectivity index (χ1) is 8.22. The summed E-state index contributed by atoms with van der Waals surface area (Å²) in [6, 6.07) is 0. The molecule has 0 spiro atoms. The van der Waals surface area contributed by atoms with E-state index in [9.17, 15) is 4.79 Å². The molecule has 5 heteroatoms. The van der Waals surface area contributed by atoms with Crippen molar-refractivity contribution >= 4 is 17.3 Å². The van der Waals surface area contributed by atoms with Crippen molar-refractivity contribution in [3.05, 3.63) is 16.1 Å². The Hall–Kier alpha value is -0.940. The molecule has 0 radical (unpaired) electrons. The molecule has 2 heterocycles. The first-order valence-corrected chi connectivity index (χ1v) is 6.93. The van der Waals surface area contributed by atoms with E-state index in [-0.39, 0.29) is 5.97 Å². The predicted octanol–water partition coefficient (Wildman–Crippen LogP) is 2.03. The molecule has 2 atom stereocenters. The highest BCUT2D eigenvalue weighted by molar-refractivity contribution is 7.09. The summed E-state index contributed by atoms with van der Waals surface area (Å²) in [6.07, 6.45) is 1.09. The van der Waals surface area contributed by atoms with Crippen LogP contribution in [-0.4, -0.2) is 30.6 Å². The third-order valence-corrected chi connectivity index (χ3v) is 4.09. The average Bonchev–Trinajstić information content (AvgIpc) is 2.79. The van der Waals surface area contributed by atoms with Gasteiger partial charge in [-0.1, -0.05) is 6.92 Å². The standard InChI is InChI=1S/C12H18N2O2S/c1-3-16-12(15)10-7-17-11(14-10)9-4-5-13-6-8(9)2/h7-9,13H,3-6H2,1-2H3. The second-order valence-electron chi connectivity index (χ2n) is 4.37. The van der Waals surface area contributed by atoms with Gasteiger partial charge in [-0.25, -0.2) is 9.78 Å². The summed E-state index contributed by atoms with van der Waals surface area (Å²) < 4.78 is 4.95. The van der Waals surface area contributed by atoms with E-state index in [4.69, 9.17) is 4.74 Å². The van der Waals surface area contributed by atoms with Crippen LogP contribution in [0.15, 0.2) is 5.38 Å². The van der Waals surface area contributed by atoms with Gasteiger partial charge in [0, 0.05) is 11.3 Å². The second kappa shape index (κ2) is 5.60. The number of carbonyl (C=O) groups excluding carboxylic acids is 1. The van der Waals surface area contributed by atoms with Crippen molar-refractivity contribution in [1.82, 2.24) is 10.3 Å². The molecule has 1 saturated heterocycles. The molecule has 1 aliphatic heterocycles. The van der Waals surface area contributed by atoms with Crippen molar-refractivity contribution in [2.75, 3.05) is 19.7 Å². The molecule has 1 aliphatic rings. The highest BCUT2D eigenvalue weighted by Gasteiger charge is 2.26. The number of piperidine rings is 1. The molecule has 0 bridgehead atoms. The number of hydrogen-bond acceptors (Lipinski definition) is 5. The van der Waals surface area contributed by atoms with Crippen LogP contribution in [0.2, 0.25) is 0 Å². The average molecular weight is 254 g/mol. The Labute approximate surface area is 105 Å². The lowest BCUT2D eigenvalue weighted by molar-refractivity contribution is 0.0520. The van der Waals surface area contributed by atoms with Gasteiger partial charge in [-0.2, -0.15) is 0 Å². The summed E-state index contributed by atoms with van der Waals surface area (Å²) in [5.74, 6) is 0.742. The molecular formula is C12H18N2O2S. The van der Waals surface area contributed by atoms with Gasteiger partial charge in [0.2, 0.25) is 0 Å². The van der Waals surface area contributed by atoms with E-state index < -0.39 is 0 Å². The van der Waals surface area contributed by atoms with E-state index in [1.165, 1.54) is 0 Å². The summed E-state index contributed by atoms with van der Waals surface area (Å²) in [6.45, 7) is 6.49. The van der Waals surface area contributed by atoms with Crippen LogP contribution in [-0.2, 0) is 4.74 Å². The van der Waals surface area contributed by atoms with Crippen LogP contribution >= 0.6 is 11.3 Å². The number of thiazole rings is 1. The summed E-state index contributed by atoms with van der Waals surface area (Å²) in [4.78, 5) is 16.0. The third kappa shape index (κ3) is 2.84. The molecule has 0 amide bonds. The zero-order valence-corrected chi connectivity index (χ0v) is 11.0. The lowest BCUT2D eigenvalue weighted by Gasteiger charge is -2.27. The number of nitrogens with zero attached hydrogens (tertiary/aromatic N) is 1. The van der Waals surface area contributed by atoms with Crippen LogP contribution in [0.5, 0.6) is 0 Å². The van der Waals surface area contributed by atoms with Gasteiger partial charge in [-0.3, -0.25) is 0 Å². The number of aromatic nitrogens is 1. The van der Waals surface area contributed by atoms with Gasteiger partial charge in [-0.15, -0.1) is 11.3 Å². The Morgan fingerprint density at radius 1 is 1.71 bits per heavy atom. The Kier molecular flexibility index (Phi) is 4.12. The fourth-order valence-electron chi connectivity index (χ4n) is 2.14. The van der Waals surface area contributed by atoms with Crippen LogP contribution in [0.1, 0.15) is 41.7 Å². The first-order valence-electron chi connectivity index (χ1n) is 6.05.